The highest BCUT2D eigenvalue weighted by molar-refractivity contribution is 5.92. The minimum absolute atomic E-state index is 0.0296. The molecule has 0 radical (unpaired) electrons. The summed E-state index contributed by atoms with van der Waals surface area (Å²) in [6.45, 7) is 2.30. The van der Waals surface area contributed by atoms with Crippen molar-refractivity contribution in [2.75, 3.05) is 25.0 Å². The number of carbonyl (C=O) groups is 2. The summed E-state index contributed by atoms with van der Waals surface area (Å²) in [5.41, 5.74) is 0.172. The maximum Gasteiger partial charge on any atom is 0.416 e. The van der Waals surface area contributed by atoms with Crippen LogP contribution in [0.1, 0.15) is 18.1 Å². The fourth-order valence-electron chi connectivity index (χ4n) is 2.49. The summed E-state index contributed by atoms with van der Waals surface area (Å²) in [6, 6.07) is 9.83. The summed E-state index contributed by atoms with van der Waals surface area (Å²) in [5.74, 6) is -1.12. The van der Waals surface area contributed by atoms with Crippen molar-refractivity contribution in [1.29, 1.82) is 0 Å². The monoisotopic (exact) mass is 411 g/mol. The van der Waals surface area contributed by atoms with Crippen LogP contribution >= 0.6 is 0 Å². The average Bonchev–Trinajstić information content (AvgIpc) is 2.66. The van der Waals surface area contributed by atoms with Gasteiger partial charge in [-0.3, -0.25) is 14.5 Å². The van der Waals surface area contributed by atoms with E-state index in [0.29, 0.717) is 6.54 Å². The van der Waals surface area contributed by atoms with Crippen molar-refractivity contribution in [2.45, 2.75) is 19.6 Å². The molecule has 2 aromatic rings. The van der Waals surface area contributed by atoms with Gasteiger partial charge >= 0.3 is 6.18 Å². The van der Waals surface area contributed by atoms with Crippen LogP contribution in [0, 0.1) is 5.82 Å². The number of alkyl halides is 3. The van der Waals surface area contributed by atoms with Gasteiger partial charge in [-0.2, -0.15) is 13.2 Å². The van der Waals surface area contributed by atoms with E-state index in [4.69, 9.17) is 0 Å². The lowest BCUT2D eigenvalue weighted by Gasteiger charge is -2.19. The minimum atomic E-state index is -4.44. The van der Waals surface area contributed by atoms with E-state index in [9.17, 15) is 27.2 Å². The van der Waals surface area contributed by atoms with Gasteiger partial charge < -0.3 is 10.6 Å². The van der Waals surface area contributed by atoms with Crippen LogP contribution in [0.5, 0.6) is 0 Å². The maximum absolute atomic E-state index is 12.9. The molecule has 0 aromatic heterocycles. The highest BCUT2D eigenvalue weighted by Crippen LogP contribution is 2.29. The van der Waals surface area contributed by atoms with Gasteiger partial charge in [0.2, 0.25) is 11.8 Å². The first-order valence-corrected chi connectivity index (χ1v) is 8.88. The van der Waals surface area contributed by atoms with Crippen LogP contribution < -0.4 is 10.6 Å². The van der Waals surface area contributed by atoms with Crippen molar-refractivity contribution in [3.05, 3.63) is 65.5 Å². The molecule has 0 heterocycles. The smallest absolute Gasteiger partial charge is 0.351 e. The van der Waals surface area contributed by atoms with Crippen LogP contribution in [0.2, 0.25) is 0 Å². The van der Waals surface area contributed by atoms with Gasteiger partial charge in [0.1, 0.15) is 5.82 Å². The first-order chi connectivity index (χ1) is 13.7. The summed E-state index contributed by atoms with van der Waals surface area (Å²) in [6.07, 6.45) is -4.44. The van der Waals surface area contributed by atoms with E-state index >= 15 is 0 Å². The summed E-state index contributed by atoms with van der Waals surface area (Å²) in [4.78, 5) is 25.8. The Labute approximate surface area is 165 Å². The van der Waals surface area contributed by atoms with Gasteiger partial charge in [0.25, 0.3) is 0 Å². The maximum atomic E-state index is 12.9. The van der Waals surface area contributed by atoms with E-state index in [-0.39, 0.29) is 37.0 Å². The average molecular weight is 411 g/mol. The van der Waals surface area contributed by atoms with Gasteiger partial charge in [-0.1, -0.05) is 19.1 Å². The number of rotatable bonds is 8. The zero-order chi connectivity index (χ0) is 21.4. The fraction of sp³-hybridized carbons (Fsp3) is 0.300. The third-order valence-corrected chi connectivity index (χ3v) is 4.08. The molecule has 0 fully saturated rings. The van der Waals surface area contributed by atoms with Gasteiger partial charge in [0, 0.05) is 12.2 Å². The minimum Gasteiger partial charge on any atom is -0.351 e. The predicted molar refractivity (Wildman–Crippen MR) is 100 cm³/mol. The van der Waals surface area contributed by atoms with Crippen molar-refractivity contribution in [3.8, 4) is 0 Å². The molecular formula is C20H21F4N3O2. The molecular weight excluding hydrogens is 390 g/mol. The van der Waals surface area contributed by atoms with Crippen molar-refractivity contribution in [2.24, 2.45) is 0 Å². The standard InChI is InChI=1S/C20H21F4N3O2/c1-2-27(12-18(28)25-11-14-3-7-16(21)8-4-14)13-19(29)26-17-9-5-15(6-10-17)20(22,23)24/h3-10H,2,11-13H2,1H3,(H,25,28)(H,26,29). The molecule has 0 saturated heterocycles. The van der Waals surface area contributed by atoms with Crippen LogP contribution in [0.15, 0.2) is 48.5 Å². The number of anilines is 1. The highest BCUT2D eigenvalue weighted by atomic mass is 19.4. The number of benzene rings is 2. The van der Waals surface area contributed by atoms with E-state index in [1.54, 1.807) is 24.0 Å². The molecule has 0 unspecified atom stereocenters. The molecule has 9 heteroatoms. The number of likely N-dealkylation sites (N-methyl/N-ethyl adjacent to an activating group) is 1. The highest BCUT2D eigenvalue weighted by Gasteiger charge is 2.30. The number of halogens is 4. The number of hydrogen-bond donors (Lipinski definition) is 2. The largest absolute Gasteiger partial charge is 0.416 e. The van der Waals surface area contributed by atoms with Crippen LogP contribution in [-0.4, -0.2) is 36.3 Å². The number of amides is 2. The Morgan fingerprint density at radius 2 is 1.52 bits per heavy atom. The molecule has 5 nitrogen and oxygen atoms in total. The first-order valence-electron chi connectivity index (χ1n) is 8.88. The molecule has 0 aliphatic rings. The Hall–Kier alpha value is -2.94. The summed E-state index contributed by atoms with van der Waals surface area (Å²) < 4.78 is 50.6. The van der Waals surface area contributed by atoms with Gasteiger partial charge in [-0.05, 0) is 48.5 Å². The number of nitrogens with zero attached hydrogens (tertiary/aromatic N) is 1. The second-order valence-electron chi connectivity index (χ2n) is 6.33. The third kappa shape index (κ3) is 7.53. The predicted octanol–water partition coefficient (Wildman–Crippen LogP) is 3.42. The molecule has 2 aromatic carbocycles. The second-order valence-corrected chi connectivity index (χ2v) is 6.33. The SMILES string of the molecule is CCN(CC(=O)NCc1ccc(F)cc1)CC(=O)Nc1ccc(C(F)(F)F)cc1. The lowest BCUT2D eigenvalue weighted by molar-refractivity contribution is -0.137. The fourth-order valence-corrected chi connectivity index (χ4v) is 2.49. The lowest BCUT2D eigenvalue weighted by atomic mass is 10.2. The molecule has 29 heavy (non-hydrogen) atoms. The van der Waals surface area contributed by atoms with Gasteiger partial charge in [0.15, 0.2) is 0 Å². The molecule has 0 aliphatic heterocycles. The summed E-state index contributed by atoms with van der Waals surface area (Å²) >= 11 is 0. The quantitative estimate of drug-likeness (QED) is 0.655. The van der Waals surface area contributed by atoms with Crippen molar-refractivity contribution in [3.63, 3.8) is 0 Å². The van der Waals surface area contributed by atoms with E-state index in [1.165, 1.54) is 24.3 Å². The number of nitrogens with one attached hydrogen (secondary N) is 2. The van der Waals surface area contributed by atoms with Crippen LogP contribution in [0.3, 0.4) is 0 Å². The van der Waals surface area contributed by atoms with E-state index in [2.05, 4.69) is 10.6 Å². The second kappa shape index (κ2) is 10.0. The molecule has 2 N–H and O–H groups in total. The number of carbonyl (C=O) groups excluding carboxylic acids is 2. The van der Waals surface area contributed by atoms with Crippen molar-refractivity contribution in [1.82, 2.24) is 10.2 Å². The normalized spacial score (nSPS) is 11.4. The zero-order valence-corrected chi connectivity index (χ0v) is 15.7. The van der Waals surface area contributed by atoms with Gasteiger partial charge in [-0.25, -0.2) is 4.39 Å². The third-order valence-electron chi connectivity index (χ3n) is 4.08. The van der Waals surface area contributed by atoms with Gasteiger partial charge in [-0.15, -0.1) is 0 Å². The van der Waals surface area contributed by atoms with E-state index in [1.807, 2.05) is 0 Å². The summed E-state index contributed by atoms with van der Waals surface area (Å²) in [5, 5.41) is 5.19. The lowest BCUT2D eigenvalue weighted by Crippen LogP contribution is -2.40. The van der Waals surface area contributed by atoms with Crippen LogP contribution in [0.4, 0.5) is 23.2 Å². The van der Waals surface area contributed by atoms with E-state index in [0.717, 1.165) is 17.7 Å². The van der Waals surface area contributed by atoms with Gasteiger partial charge in [0.05, 0.1) is 18.7 Å². The molecule has 0 spiro atoms. The Morgan fingerprint density at radius 3 is 2.07 bits per heavy atom. The van der Waals surface area contributed by atoms with Crippen LogP contribution in [0.25, 0.3) is 0 Å². The van der Waals surface area contributed by atoms with Crippen molar-refractivity contribution >= 4 is 17.5 Å². The number of hydrogen-bond acceptors (Lipinski definition) is 3. The molecule has 0 aliphatic carbocycles. The molecule has 156 valence electrons. The van der Waals surface area contributed by atoms with Crippen molar-refractivity contribution < 1.29 is 27.2 Å². The molecule has 0 atom stereocenters. The first kappa shape index (κ1) is 22.4. The Bertz CT molecular complexity index is 821. The Balaban J connectivity index is 1.81. The molecule has 2 rings (SSSR count). The Kier molecular flexibility index (Phi) is 7.72. The zero-order valence-electron chi connectivity index (χ0n) is 15.7. The Morgan fingerprint density at radius 1 is 0.931 bits per heavy atom. The molecule has 0 bridgehead atoms. The van der Waals surface area contributed by atoms with Crippen LogP contribution in [-0.2, 0) is 22.3 Å². The molecule has 2 amide bonds. The van der Waals surface area contributed by atoms with E-state index < -0.39 is 17.6 Å². The topological polar surface area (TPSA) is 61.4 Å². The summed E-state index contributed by atoms with van der Waals surface area (Å²) in [7, 11) is 0. The molecule has 0 saturated carbocycles.